The van der Waals surface area contributed by atoms with Crippen molar-refractivity contribution < 1.29 is 12.9 Å². The topological polar surface area (TPSA) is 63.4 Å². The van der Waals surface area contributed by atoms with Crippen LogP contribution in [0.2, 0.25) is 0 Å². The number of rotatable bonds is 3. The lowest BCUT2D eigenvalue weighted by Crippen LogP contribution is -2.31. The van der Waals surface area contributed by atoms with Gasteiger partial charge in [-0.25, -0.2) is 8.42 Å². The van der Waals surface area contributed by atoms with Crippen molar-refractivity contribution in [3.8, 4) is 0 Å². The van der Waals surface area contributed by atoms with Gasteiger partial charge in [-0.1, -0.05) is 23.4 Å². The Labute approximate surface area is 124 Å². The Balaban J connectivity index is 2.00. The number of hydrogen-bond acceptors (Lipinski definition) is 4. The van der Waals surface area contributed by atoms with Crippen molar-refractivity contribution >= 4 is 10.0 Å². The minimum Gasteiger partial charge on any atom is -0.359 e. The van der Waals surface area contributed by atoms with Gasteiger partial charge in [0.15, 0.2) is 5.76 Å². The smallest absolute Gasteiger partial charge is 0.244 e. The van der Waals surface area contributed by atoms with Crippen LogP contribution in [0.3, 0.4) is 0 Å². The molecular weight excluding hydrogens is 288 g/mol. The van der Waals surface area contributed by atoms with E-state index in [9.17, 15) is 8.42 Å². The molecule has 1 atom stereocenters. The molecule has 5 nitrogen and oxygen atoms in total. The van der Waals surface area contributed by atoms with E-state index >= 15 is 0 Å². The lowest BCUT2D eigenvalue weighted by atomic mass is 10.2. The summed E-state index contributed by atoms with van der Waals surface area (Å²) in [6, 6.07) is 8.63. The van der Waals surface area contributed by atoms with Gasteiger partial charge in [0.2, 0.25) is 10.0 Å². The second-order valence-electron chi connectivity index (χ2n) is 5.41. The maximum atomic E-state index is 12.9. The predicted octanol–water partition coefficient (Wildman–Crippen LogP) is 2.82. The summed E-state index contributed by atoms with van der Waals surface area (Å²) in [4.78, 5) is 0.369. The van der Waals surface area contributed by atoms with Crippen molar-refractivity contribution in [1.82, 2.24) is 9.46 Å². The van der Waals surface area contributed by atoms with E-state index in [1.807, 2.05) is 32.0 Å². The molecule has 1 aromatic heterocycles. The van der Waals surface area contributed by atoms with Crippen LogP contribution in [0.5, 0.6) is 0 Å². The van der Waals surface area contributed by atoms with Gasteiger partial charge in [0.05, 0.1) is 16.6 Å². The van der Waals surface area contributed by atoms with E-state index in [2.05, 4.69) is 5.16 Å². The van der Waals surface area contributed by atoms with E-state index in [1.165, 1.54) is 4.31 Å². The third kappa shape index (κ3) is 2.49. The molecule has 2 heterocycles. The van der Waals surface area contributed by atoms with E-state index in [-0.39, 0.29) is 6.04 Å². The van der Waals surface area contributed by atoms with Gasteiger partial charge < -0.3 is 4.52 Å². The number of aromatic nitrogens is 1. The van der Waals surface area contributed by atoms with Crippen molar-refractivity contribution in [2.45, 2.75) is 37.6 Å². The Bertz CT molecular complexity index is 752. The molecule has 6 heteroatoms. The lowest BCUT2D eigenvalue weighted by Gasteiger charge is -2.23. The van der Waals surface area contributed by atoms with Gasteiger partial charge in [0.25, 0.3) is 0 Å². The molecular formula is C15H18N2O3S. The van der Waals surface area contributed by atoms with Crippen LogP contribution in [-0.2, 0) is 10.0 Å². The second-order valence-corrected chi connectivity index (χ2v) is 7.27. The summed E-state index contributed by atoms with van der Waals surface area (Å²) in [6.07, 6.45) is 1.59. The Morgan fingerprint density at radius 2 is 2.05 bits per heavy atom. The molecule has 1 saturated heterocycles. The molecule has 1 aliphatic rings. The van der Waals surface area contributed by atoms with Gasteiger partial charge in [-0.3, -0.25) is 0 Å². The standard InChI is InChI=1S/C15H18N2O3S/c1-11-6-3-4-8-15(11)21(18,19)17-9-5-7-13(17)14-10-12(2)16-20-14/h3-4,6,8,10,13H,5,7,9H2,1-2H3. The first kappa shape index (κ1) is 14.3. The summed E-state index contributed by atoms with van der Waals surface area (Å²) in [5, 5.41) is 3.87. The Morgan fingerprint density at radius 3 is 2.71 bits per heavy atom. The summed E-state index contributed by atoms with van der Waals surface area (Å²) in [5.74, 6) is 0.627. The summed E-state index contributed by atoms with van der Waals surface area (Å²) in [5.41, 5.74) is 1.53. The van der Waals surface area contributed by atoms with Gasteiger partial charge in [0.1, 0.15) is 0 Å². The maximum Gasteiger partial charge on any atom is 0.244 e. The fraction of sp³-hybridized carbons (Fsp3) is 0.400. The highest BCUT2D eigenvalue weighted by molar-refractivity contribution is 7.89. The van der Waals surface area contributed by atoms with Gasteiger partial charge >= 0.3 is 0 Å². The van der Waals surface area contributed by atoms with Crippen molar-refractivity contribution in [3.63, 3.8) is 0 Å². The zero-order chi connectivity index (χ0) is 15.0. The quantitative estimate of drug-likeness (QED) is 0.874. The first-order chi connectivity index (χ1) is 10.00. The van der Waals surface area contributed by atoms with E-state index in [4.69, 9.17) is 4.52 Å². The Kier molecular flexibility index (Phi) is 3.59. The van der Waals surface area contributed by atoms with Crippen LogP contribution >= 0.6 is 0 Å². The van der Waals surface area contributed by atoms with Crippen LogP contribution in [0.4, 0.5) is 0 Å². The van der Waals surface area contributed by atoms with Crippen molar-refractivity contribution in [1.29, 1.82) is 0 Å². The third-order valence-corrected chi connectivity index (χ3v) is 5.93. The first-order valence-corrected chi connectivity index (χ1v) is 8.45. The monoisotopic (exact) mass is 306 g/mol. The zero-order valence-corrected chi connectivity index (χ0v) is 12.9. The summed E-state index contributed by atoms with van der Waals surface area (Å²) in [6.45, 7) is 4.17. The van der Waals surface area contributed by atoms with E-state index in [1.54, 1.807) is 12.1 Å². The molecule has 0 N–H and O–H groups in total. The van der Waals surface area contributed by atoms with Crippen molar-refractivity contribution in [3.05, 3.63) is 47.3 Å². The Hall–Kier alpha value is -1.66. The molecule has 21 heavy (non-hydrogen) atoms. The van der Waals surface area contributed by atoms with Crippen LogP contribution in [0, 0.1) is 13.8 Å². The molecule has 1 unspecified atom stereocenters. The molecule has 0 saturated carbocycles. The highest BCUT2D eigenvalue weighted by atomic mass is 32.2. The molecule has 112 valence electrons. The number of nitrogens with zero attached hydrogens (tertiary/aromatic N) is 2. The minimum atomic E-state index is -3.51. The van der Waals surface area contributed by atoms with Gasteiger partial charge in [-0.05, 0) is 38.3 Å². The highest BCUT2D eigenvalue weighted by Crippen LogP contribution is 2.37. The van der Waals surface area contributed by atoms with E-state index < -0.39 is 10.0 Å². The lowest BCUT2D eigenvalue weighted by molar-refractivity contribution is 0.297. The molecule has 2 aromatic rings. The summed E-state index contributed by atoms with van der Waals surface area (Å²) >= 11 is 0. The highest BCUT2D eigenvalue weighted by Gasteiger charge is 2.38. The number of sulfonamides is 1. The van der Waals surface area contributed by atoms with Crippen LogP contribution in [0.25, 0.3) is 0 Å². The SMILES string of the molecule is Cc1cc(C2CCCN2S(=O)(=O)c2ccccc2C)on1. The maximum absolute atomic E-state index is 12.9. The molecule has 0 aliphatic carbocycles. The van der Waals surface area contributed by atoms with Crippen LogP contribution < -0.4 is 0 Å². The molecule has 0 amide bonds. The molecule has 0 radical (unpaired) electrons. The van der Waals surface area contributed by atoms with E-state index in [0.29, 0.717) is 17.2 Å². The van der Waals surface area contributed by atoms with Gasteiger partial charge in [0, 0.05) is 12.6 Å². The molecule has 1 aromatic carbocycles. The predicted molar refractivity (Wildman–Crippen MR) is 78.3 cm³/mol. The fourth-order valence-electron chi connectivity index (χ4n) is 2.82. The molecule has 0 bridgehead atoms. The van der Waals surface area contributed by atoms with Crippen LogP contribution in [0.1, 0.15) is 35.9 Å². The van der Waals surface area contributed by atoms with Crippen LogP contribution in [-0.4, -0.2) is 24.4 Å². The summed E-state index contributed by atoms with van der Waals surface area (Å²) < 4.78 is 32.6. The number of aryl methyl sites for hydroxylation is 2. The van der Waals surface area contributed by atoms with Gasteiger partial charge in [-0.2, -0.15) is 4.31 Å². The fourth-order valence-corrected chi connectivity index (χ4v) is 4.72. The number of benzene rings is 1. The Morgan fingerprint density at radius 1 is 1.29 bits per heavy atom. The second kappa shape index (κ2) is 5.27. The molecule has 1 fully saturated rings. The average molecular weight is 306 g/mol. The average Bonchev–Trinajstić information content (AvgIpc) is 3.07. The largest absolute Gasteiger partial charge is 0.359 e. The molecule has 0 spiro atoms. The van der Waals surface area contributed by atoms with Crippen molar-refractivity contribution in [2.24, 2.45) is 0 Å². The van der Waals surface area contributed by atoms with Crippen LogP contribution in [0.15, 0.2) is 39.8 Å². The minimum absolute atomic E-state index is 0.254. The van der Waals surface area contributed by atoms with Crippen molar-refractivity contribution in [2.75, 3.05) is 6.54 Å². The van der Waals surface area contributed by atoms with E-state index in [0.717, 1.165) is 24.1 Å². The zero-order valence-electron chi connectivity index (χ0n) is 12.1. The first-order valence-electron chi connectivity index (χ1n) is 7.01. The summed E-state index contributed by atoms with van der Waals surface area (Å²) in [7, 11) is -3.51. The number of hydrogen-bond donors (Lipinski definition) is 0. The third-order valence-electron chi connectivity index (χ3n) is 3.86. The molecule has 1 aliphatic heterocycles. The molecule has 3 rings (SSSR count). The normalized spacial score (nSPS) is 20.0. The van der Waals surface area contributed by atoms with Gasteiger partial charge in [-0.15, -0.1) is 0 Å².